The van der Waals surface area contributed by atoms with Gasteiger partial charge in [0.1, 0.15) is 5.82 Å². The van der Waals surface area contributed by atoms with Crippen molar-refractivity contribution in [2.45, 2.75) is 32.7 Å². The van der Waals surface area contributed by atoms with Crippen molar-refractivity contribution in [2.24, 2.45) is 0 Å². The lowest BCUT2D eigenvalue weighted by Crippen LogP contribution is -2.28. The molecule has 0 unspecified atom stereocenters. The molecule has 0 aliphatic carbocycles. The van der Waals surface area contributed by atoms with Gasteiger partial charge in [-0.3, -0.25) is 0 Å². The van der Waals surface area contributed by atoms with Crippen LogP contribution >= 0.6 is 11.8 Å². The Bertz CT molecular complexity index is 400. The van der Waals surface area contributed by atoms with Gasteiger partial charge in [-0.2, -0.15) is 11.8 Å². The topological polar surface area (TPSA) is 41.1 Å². The summed E-state index contributed by atoms with van der Waals surface area (Å²) in [5.74, 6) is 3.79. The third-order valence-corrected chi connectivity index (χ3v) is 4.34. The van der Waals surface area contributed by atoms with Crippen LogP contribution in [0.2, 0.25) is 0 Å². The molecule has 0 atom stereocenters. The zero-order chi connectivity index (χ0) is 13.7. The van der Waals surface area contributed by atoms with E-state index in [0.29, 0.717) is 5.92 Å². The summed E-state index contributed by atoms with van der Waals surface area (Å²) in [4.78, 5) is 11.7. The number of thioether (sulfide) groups is 1. The first-order valence-corrected chi connectivity index (χ1v) is 8.21. The fourth-order valence-electron chi connectivity index (χ4n) is 2.25. The lowest BCUT2D eigenvalue weighted by molar-refractivity contribution is 0.711. The molecular formula is C14H24N4S. The number of nitrogens with zero attached hydrogens (tertiary/aromatic N) is 3. The van der Waals surface area contributed by atoms with Crippen LogP contribution in [0.25, 0.3) is 0 Å². The lowest BCUT2D eigenvalue weighted by atomic mass is 10.2. The average Bonchev–Trinajstić information content (AvgIpc) is 2.68. The number of hydrogen-bond donors (Lipinski definition) is 1. The summed E-state index contributed by atoms with van der Waals surface area (Å²) in [6.45, 7) is 7.31. The molecule has 106 valence electrons. The summed E-state index contributed by atoms with van der Waals surface area (Å²) in [5.41, 5.74) is 2.34. The molecular weight excluding hydrogens is 256 g/mol. The first-order chi connectivity index (χ1) is 9.22. The summed E-state index contributed by atoms with van der Waals surface area (Å²) in [6, 6.07) is 0. The van der Waals surface area contributed by atoms with Gasteiger partial charge in [-0.05, 0) is 19.2 Å². The third-order valence-electron chi connectivity index (χ3n) is 3.29. The van der Waals surface area contributed by atoms with E-state index in [1.54, 1.807) is 0 Å². The van der Waals surface area contributed by atoms with Crippen molar-refractivity contribution < 1.29 is 0 Å². The molecule has 0 spiro atoms. The fraction of sp³-hybridized carbons (Fsp3) is 0.714. The van der Waals surface area contributed by atoms with Crippen molar-refractivity contribution in [2.75, 3.05) is 36.5 Å². The normalized spacial score (nSPS) is 16.7. The highest BCUT2D eigenvalue weighted by molar-refractivity contribution is 7.99. The van der Waals surface area contributed by atoms with Gasteiger partial charge in [0.05, 0.1) is 17.6 Å². The van der Waals surface area contributed by atoms with Crippen LogP contribution in [0, 0.1) is 0 Å². The second kappa shape index (κ2) is 7.10. The molecule has 0 radical (unpaired) electrons. The molecule has 2 rings (SSSR count). The SMILES string of the molecule is CNCc1nc(C(C)C)ncc1N1CCCSCC1. The van der Waals surface area contributed by atoms with Crippen LogP contribution in [0.1, 0.15) is 37.7 Å². The average molecular weight is 280 g/mol. The van der Waals surface area contributed by atoms with Gasteiger partial charge in [-0.1, -0.05) is 13.8 Å². The largest absolute Gasteiger partial charge is 0.368 e. The van der Waals surface area contributed by atoms with E-state index in [2.05, 4.69) is 29.0 Å². The summed E-state index contributed by atoms with van der Waals surface area (Å²) < 4.78 is 0. The Balaban J connectivity index is 2.26. The Morgan fingerprint density at radius 1 is 1.37 bits per heavy atom. The van der Waals surface area contributed by atoms with Crippen LogP contribution in [0.15, 0.2) is 6.20 Å². The maximum atomic E-state index is 4.75. The standard InChI is InChI=1S/C14H24N4S/c1-11(2)14-16-10-13(12(17-14)9-15-3)18-5-4-7-19-8-6-18/h10-11,15H,4-9H2,1-3H3. The van der Waals surface area contributed by atoms with Crippen LogP contribution in [-0.4, -0.2) is 41.6 Å². The highest BCUT2D eigenvalue weighted by atomic mass is 32.2. The van der Waals surface area contributed by atoms with E-state index in [0.717, 1.165) is 31.2 Å². The molecule has 1 fully saturated rings. The van der Waals surface area contributed by atoms with E-state index in [9.17, 15) is 0 Å². The molecule has 1 aliphatic heterocycles. The number of nitrogens with one attached hydrogen (secondary N) is 1. The second-order valence-corrected chi connectivity index (χ2v) is 6.42. The highest BCUT2D eigenvalue weighted by Crippen LogP contribution is 2.23. The second-order valence-electron chi connectivity index (χ2n) is 5.20. The van der Waals surface area contributed by atoms with Gasteiger partial charge in [-0.15, -0.1) is 0 Å². The Labute approximate surface area is 120 Å². The van der Waals surface area contributed by atoms with Crippen molar-refractivity contribution in [3.8, 4) is 0 Å². The van der Waals surface area contributed by atoms with Crippen LogP contribution in [0.5, 0.6) is 0 Å². The summed E-state index contributed by atoms with van der Waals surface area (Å²) in [5, 5.41) is 3.22. The van der Waals surface area contributed by atoms with Gasteiger partial charge in [0, 0.05) is 31.3 Å². The molecule has 0 bridgehead atoms. The molecule has 1 N–H and O–H groups in total. The molecule has 1 aromatic heterocycles. The van der Waals surface area contributed by atoms with Crippen molar-refractivity contribution in [3.63, 3.8) is 0 Å². The minimum atomic E-state index is 0.379. The third kappa shape index (κ3) is 3.83. The van der Waals surface area contributed by atoms with Crippen LogP contribution < -0.4 is 10.2 Å². The van der Waals surface area contributed by atoms with Gasteiger partial charge in [0.15, 0.2) is 0 Å². The monoisotopic (exact) mass is 280 g/mol. The fourth-order valence-corrected chi connectivity index (χ4v) is 3.14. The van der Waals surface area contributed by atoms with Crippen molar-refractivity contribution in [1.29, 1.82) is 0 Å². The minimum Gasteiger partial charge on any atom is -0.368 e. The molecule has 2 heterocycles. The Morgan fingerprint density at radius 2 is 2.21 bits per heavy atom. The van der Waals surface area contributed by atoms with Crippen LogP contribution in [0.4, 0.5) is 5.69 Å². The number of anilines is 1. The Morgan fingerprint density at radius 3 is 2.95 bits per heavy atom. The van der Waals surface area contributed by atoms with E-state index in [-0.39, 0.29) is 0 Å². The lowest BCUT2D eigenvalue weighted by Gasteiger charge is -2.24. The molecule has 19 heavy (non-hydrogen) atoms. The number of aromatic nitrogens is 2. The molecule has 0 aromatic carbocycles. The molecule has 1 aromatic rings. The maximum absolute atomic E-state index is 4.75. The summed E-state index contributed by atoms with van der Waals surface area (Å²) in [7, 11) is 1.97. The van der Waals surface area contributed by atoms with Crippen molar-refractivity contribution in [1.82, 2.24) is 15.3 Å². The first-order valence-electron chi connectivity index (χ1n) is 7.05. The van der Waals surface area contributed by atoms with E-state index in [1.165, 1.54) is 23.6 Å². The van der Waals surface area contributed by atoms with Crippen LogP contribution in [-0.2, 0) is 6.54 Å². The molecule has 0 amide bonds. The van der Waals surface area contributed by atoms with E-state index in [4.69, 9.17) is 4.98 Å². The smallest absolute Gasteiger partial charge is 0.131 e. The predicted molar refractivity (Wildman–Crippen MR) is 83.0 cm³/mol. The number of rotatable bonds is 4. The van der Waals surface area contributed by atoms with E-state index in [1.807, 2.05) is 25.0 Å². The van der Waals surface area contributed by atoms with Gasteiger partial charge < -0.3 is 10.2 Å². The Kier molecular flexibility index (Phi) is 5.45. The molecule has 0 saturated carbocycles. The van der Waals surface area contributed by atoms with Gasteiger partial charge in [-0.25, -0.2) is 9.97 Å². The molecule has 5 heteroatoms. The molecule has 1 saturated heterocycles. The van der Waals surface area contributed by atoms with Crippen molar-refractivity contribution >= 4 is 17.4 Å². The summed E-state index contributed by atoms with van der Waals surface area (Å²) >= 11 is 2.04. The molecule has 1 aliphatic rings. The van der Waals surface area contributed by atoms with Gasteiger partial charge in [0.2, 0.25) is 0 Å². The van der Waals surface area contributed by atoms with E-state index >= 15 is 0 Å². The Hall–Kier alpha value is -0.810. The van der Waals surface area contributed by atoms with Gasteiger partial charge >= 0.3 is 0 Å². The maximum Gasteiger partial charge on any atom is 0.131 e. The molecule has 4 nitrogen and oxygen atoms in total. The first kappa shape index (κ1) is 14.6. The van der Waals surface area contributed by atoms with E-state index < -0.39 is 0 Å². The van der Waals surface area contributed by atoms with Crippen LogP contribution in [0.3, 0.4) is 0 Å². The summed E-state index contributed by atoms with van der Waals surface area (Å²) in [6.07, 6.45) is 3.26. The zero-order valence-electron chi connectivity index (χ0n) is 12.1. The zero-order valence-corrected chi connectivity index (χ0v) is 13.0. The quantitative estimate of drug-likeness (QED) is 0.916. The number of hydrogen-bond acceptors (Lipinski definition) is 5. The van der Waals surface area contributed by atoms with Gasteiger partial charge in [0.25, 0.3) is 0 Å². The minimum absolute atomic E-state index is 0.379. The van der Waals surface area contributed by atoms with Crippen molar-refractivity contribution in [3.05, 3.63) is 17.7 Å². The predicted octanol–water partition coefficient (Wildman–Crippen LogP) is 2.26. The highest BCUT2D eigenvalue weighted by Gasteiger charge is 2.16.